The molecule has 86 valence electrons. The summed E-state index contributed by atoms with van der Waals surface area (Å²) in [7, 11) is 0. The zero-order valence-corrected chi connectivity index (χ0v) is 10.9. The molecule has 17 heavy (non-hydrogen) atoms. The Bertz CT molecular complexity index is 550. The van der Waals surface area contributed by atoms with E-state index in [9.17, 15) is 0 Å². The van der Waals surface area contributed by atoms with Crippen molar-refractivity contribution in [3.63, 3.8) is 0 Å². The first-order chi connectivity index (χ1) is 8.29. The van der Waals surface area contributed by atoms with Gasteiger partial charge >= 0.3 is 0 Å². The highest BCUT2D eigenvalue weighted by Crippen LogP contribution is 2.26. The molecule has 2 heteroatoms. The lowest BCUT2D eigenvalue weighted by atomic mass is 10.1. The summed E-state index contributed by atoms with van der Waals surface area (Å²) in [6.45, 7) is 4.11. The van der Waals surface area contributed by atoms with Gasteiger partial charge in [-0.05, 0) is 26.0 Å². The minimum absolute atomic E-state index is 1.08. The number of nitrogens with zero attached hydrogens (tertiary/aromatic N) is 1. The van der Waals surface area contributed by atoms with Crippen molar-refractivity contribution in [1.29, 1.82) is 0 Å². The van der Waals surface area contributed by atoms with Crippen molar-refractivity contribution in [2.24, 2.45) is 0 Å². The average molecular weight is 241 g/mol. The summed E-state index contributed by atoms with van der Waals surface area (Å²) in [5.74, 6) is 0. The van der Waals surface area contributed by atoms with Gasteiger partial charge in [0.1, 0.15) is 5.01 Å². The summed E-state index contributed by atoms with van der Waals surface area (Å²) in [6, 6.07) is 8.44. The van der Waals surface area contributed by atoms with Crippen LogP contribution in [0.25, 0.3) is 16.6 Å². The van der Waals surface area contributed by atoms with Gasteiger partial charge in [-0.15, -0.1) is 11.3 Å². The number of rotatable bonds is 3. The van der Waals surface area contributed by atoms with Crippen LogP contribution in [-0.2, 0) is 0 Å². The Morgan fingerprint density at radius 3 is 2.88 bits per heavy atom. The highest BCUT2D eigenvalue weighted by molar-refractivity contribution is 7.15. The van der Waals surface area contributed by atoms with Crippen molar-refractivity contribution in [3.8, 4) is 10.6 Å². The maximum Gasteiger partial charge on any atom is 0.123 e. The first kappa shape index (κ1) is 11.8. The van der Waals surface area contributed by atoms with Gasteiger partial charge in [0.25, 0.3) is 0 Å². The van der Waals surface area contributed by atoms with Crippen LogP contribution in [0.5, 0.6) is 0 Å². The van der Waals surface area contributed by atoms with E-state index in [4.69, 9.17) is 0 Å². The number of hydrogen-bond acceptors (Lipinski definition) is 2. The standard InChI is InChI=1S/C15H15NS/c1-3-4-5-9-14-11-16-15(17-14)13-8-6-7-12(2)10-13/h3-11H,1-2H3/b4-3-,9-5-. The van der Waals surface area contributed by atoms with Crippen LogP contribution in [0.3, 0.4) is 0 Å². The van der Waals surface area contributed by atoms with Crippen molar-refractivity contribution in [2.75, 3.05) is 0 Å². The Kier molecular flexibility index (Phi) is 3.89. The minimum Gasteiger partial charge on any atom is -0.244 e. The molecule has 0 saturated carbocycles. The van der Waals surface area contributed by atoms with E-state index in [0.717, 1.165) is 5.01 Å². The summed E-state index contributed by atoms with van der Waals surface area (Å²) in [6.07, 6.45) is 10.1. The highest BCUT2D eigenvalue weighted by Gasteiger charge is 2.02. The van der Waals surface area contributed by atoms with Gasteiger partial charge in [0.15, 0.2) is 0 Å². The van der Waals surface area contributed by atoms with Crippen LogP contribution in [-0.4, -0.2) is 4.98 Å². The van der Waals surface area contributed by atoms with E-state index in [-0.39, 0.29) is 0 Å². The summed E-state index contributed by atoms with van der Waals surface area (Å²) >= 11 is 1.71. The smallest absolute Gasteiger partial charge is 0.123 e. The molecule has 0 amide bonds. The lowest BCUT2D eigenvalue weighted by molar-refractivity contribution is 1.39. The molecule has 0 aliphatic rings. The molecule has 0 fully saturated rings. The van der Waals surface area contributed by atoms with E-state index < -0.39 is 0 Å². The van der Waals surface area contributed by atoms with Gasteiger partial charge in [-0.25, -0.2) is 4.98 Å². The van der Waals surface area contributed by atoms with Crippen LogP contribution in [0, 0.1) is 6.92 Å². The molecule has 1 aromatic carbocycles. The first-order valence-electron chi connectivity index (χ1n) is 5.62. The third-order valence-electron chi connectivity index (χ3n) is 2.35. The minimum atomic E-state index is 1.08. The van der Waals surface area contributed by atoms with Crippen molar-refractivity contribution in [2.45, 2.75) is 13.8 Å². The summed E-state index contributed by atoms with van der Waals surface area (Å²) in [5, 5.41) is 1.08. The van der Waals surface area contributed by atoms with E-state index in [1.807, 2.05) is 31.3 Å². The highest BCUT2D eigenvalue weighted by atomic mass is 32.1. The molecule has 0 saturated heterocycles. The van der Waals surface area contributed by atoms with Crippen LogP contribution in [0.1, 0.15) is 17.4 Å². The van der Waals surface area contributed by atoms with E-state index in [1.54, 1.807) is 11.3 Å². The first-order valence-corrected chi connectivity index (χ1v) is 6.43. The van der Waals surface area contributed by atoms with Crippen molar-refractivity contribution in [3.05, 3.63) is 59.1 Å². The lowest BCUT2D eigenvalue weighted by Gasteiger charge is -1.96. The molecule has 2 aromatic rings. The molecule has 0 radical (unpaired) electrons. The largest absolute Gasteiger partial charge is 0.244 e. The summed E-state index contributed by atoms with van der Waals surface area (Å²) in [4.78, 5) is 5.63. The fraction of sp³-hybridized carbons (Fsp3) is 0.133. The predicted octanol–water partition coefficient (Wildman–Crippen LogP) is 4.71. The molecule has 1 aromatic heterocycles. The molecular weight excluding hydrogens is 226 g/mol. The van der Waals surface area contributed by atoms with E-state index >= 15 is 0 Å². The second-order valence-electron chi connectivity index (χ2n) is 3.82. The van der Waals surface area contributed by atoms with Gasteiger partial charge in [-0.3, -0.25) is 0 Å². The maximum atomic E-state index is 4.45. The van der Waals surface area contributed by atoms with Crippen LogP contribution in [0.15, 0.2) is 48.7 Å². The second-order valence-corrected chi connectivity index (χ2v) is 4.88. The number of benzene rings is 1. The van der Waals surface area contributed by atoms with Crippen molar-refractivity contribution < 1.29 is 0 Å². The maximum absolute atomic E-state index is 4.45. The zero-order valence-electron chi connectivity index (χ0n) is 10.1. The quantitative estimate of drug-likeness (QED) is 0.709. The molecule has 0 N–H and O–H groups in total. The van der Waals surface area contributed by atoms with Crippen LogP contribution in [0.4, 0.5) is 0 Å². The van der Waals surface area contributed by atoms with Gasteiger partial charge in [0.05, 0.1) is 0 Å². The van der Waals surface area contributed by atoms with Crippen LogP contribution in [0.2, 0.25) is 0 Å². The Labute approximate surface area is 106 Å². The van der Waals surface area contributed by atoms with Gasteiger partial charge in [0, 0.05) is 16.6 Å². The third kappa shape index (κ3) is 3.14. The molecule has 0 spiro atoms. The molecule has 0 bridgehead atoms. The Hall–Kier alpha value is -1.67. The predicted molar refractivity (Wildman–Crippen MR) is 76.1 cm³/mol. The number of aromatic nitrogens is 1. The summed E-state index contributed by atoms with van der Waals surface area (Å²) < 4.78 is 0. The van der Waals surface area contributed by atoms with E-state index in [1.165, 1.54) is 16.0 Å². The second kappa shape index (κ2) is 5.60. The Morgan fingerprint density at radius 2 is 2.12 bits per heavy atom. The van der Waals surface area contributed by atoms with Gasteiger partial charge < -0.3 is 0 Å². The van der Waals surface area contributed by atoms with Gasteiger partial charge in [-0.2, -0.15) is 0 Å². The molecule has 0 unspecified atom stereocenters. The zero-order chi connectivity index (χ0) is 12.1. The molecule has 1 heterocycles. The number of thiazole rings is 1. The fourth-order valence-electron chi connectivity index (χ4n) is 1.54. The van der Waals surface area contributed by atoms with Gasteiger partial charge in [0.2, 0.25) is 0 Å². The number of hydrogen-bond donors (Lipinski definition) is 0. The normalized spacial score (nSPS) is 11.6. The SMILES string of the molecule is C/C=C\C=C/c1cnc(-c2cccc(C)c2)s1. The Balaban J connectivity index is 2.24. The molecule has 0 aliphatic carbocycles. The van der Waals surface area contributed by atoms with E-state index in [2.05, 4.69) is 42.2 Å². The summed E-state index contributed by atoms with van der Waals surface area (Å²) in [5.41, 5.74) is 2.46. The fourth-order valence-corrected chi connectivity index (χ4v) is 2.36. The number of aryl methyl sites for hydroxylation is 1. The number of allylic oxidation sites excluding steroid dienone is 3. The van der Waals surface area contributed by atoms with Gasteiger partial charge in [-0.1, -0.05) is 42.0 Å². The van der Waals surface area contributed by atoms with Crippen molar-refractivity contribution >= 4 is 17.4 Å². The van der Waals surface area contributed by atoms with Crippen LogP contribution >= 0.6 is 11.3 Å². The average Bonchev–Trinajstić information content (AvgIpc) is 2.78. The van der Waals surface area contributed by atoms with Crippen LogP contribution < -0.4 is 0 Å². The van der Waals surface area contributed by atoms with E-state index in [0.29, 0.717) is 0 Å². The molecule has 0 aliphatic heterocycles. The Morgan fingerprint density at radius 1 is 1.24 bits per heavy atom. The third-order valence-corrected chi connectivity index (χ3v) is 3.36. The monoisotopic (exact) mass is 241 g/mol. The lowest BCUT2D eigenvalue weighted by Crippen LogP contribution is -1.76. The molecule has 2 rings (SSSR count). The topological polar surface area (TPSA) is 12.9 Å². The molecule has 1 nitrogen and oxygen atoms in total. The molecular formula is C15H15NS. The molecule has 0 atom stereocenters. The van der Waals surface area contributed by atoms with Crippen molar-refractivity contribution in [1.82, 2.24) is 4.98 Å².